The Balaban J connectivity index is 1.30. The molecule has 0 N–H and O–H groups in total. The van der Waals surface area contributed by atoms with Gasteiger partial charge in [0.25, 0.3) is 11.8 Å². The summed E-state index contributed by atoms with van der Waals surface area (Å²) in [6.07, 6.45) is 2.97. The Bertz CT molecular complexity index is 1540. The van der Waals surface area contributed by atoms with Crippen LogP contribution >= 0.6 is 11.6 Å². The first-order valence-electron chi connectivity index (χ1n) is 13.4. The zero-order valence-electron chi connectivity index (χ0n) is 22.1. The highest BCUT2D eigenvalue weighted by Crippen LogP contribution is 2.47. The van der Waals surface area contributed by atoms with E-state index in [1.807, 2.05) is 0 Å². The van der Waals surface area contributed by atoms with E-state index < -0.39 is 47.4 Å². The lowest BCUT2D eigenvalue weighted by molar-refractivity contribution is -0.154. The molecule has 3 fully saturated rings. The molecule has 2 aromatic rings. The average Bonchev–Trinajstić information content (AvgIpc) is 3.76. The predicted octanol–water partition coefficient (Wildman–Crippen LogP) is 2.50. The number of aromatic nitrogens is 1. The highest BCUT2D eigenvalue weighted by molar-refractivity contribution is 6.43. The highest BCUT2D eigenvalue weighted by Gasteiger charge is 2.59. The van der Waals surface area contributed by atoms with E-state index in [1.54, 1.807) is 23.2 Å². The van der Waals surface area contributed by atoms with Crippen LogP contribution in [0.4, 0.5) is 4.39 Å². The number of methoxy groups -OCH3 is 1. The van der Waals surface area contributed by atoms with Crippen LogP contribution in [0.15, 0.2) is 47.8 Å². The SMILES string of the molecule is COC(=O)c1cccnc1CCN1C(=O)C2=C3CCN(Cc4ccc(F)c(Cl)c4)C(=O)C3C(=O)C(=O)N2C1C1CC1. The van der Waals surface area contributed by atoms with Gasteiger partial charge in [0.1, 0.15) is 23.6 Å². The molecule has 0 bridgehead atoms. The number of piperidine rings is 1. The quantitative estimate of drug-likeness (QED) is 0.281. The van der Waals surface area contributed by atoms with Crippen LogP contribution < -0.4 is 0 Å². The Hall–Kier alpha value is -4.12. The van der Waals surface area contributed by atoms with Gasteiger partial charge in [-0.3, -0.25) is 29.1 Å². The molecule has 0 radical (unpaired) electrons. The second kappa shape index (κ2) is 10.4. The third kappa shape index (κ3) is 4.57. The van der Waals surface area contributed by atoms with Gasteiger partial charge in [0.05, 0.1) is 23.4 Å². The molecule has 1 aliphatic carbocycles. The van der Waals surface area contributed by atoms with Crippen LogP contribution in [0.3, 0.4) is 0 Å². The van der Waals surface area contributed by atoms with Crippen molar-refractivity contribution in [3.05, 3.63) is 75.5 Å². The number of pyridine rings is 1. The van der Waals surface area contributed by atoms with Gasteiger partial charge in [-0.1, -0.05) is 17.7 Å². The fourth-order valence-corrected chi connectivity index (χ4v) is 6.23. The highest BCUT2D eigenvalue weighted by atomic mass is 35.5. The molecule has 12 heteroatoms. The number of fused-ring (bicyclic) bond motifs is 2. The van der Waals surface area contributed by atoms with E-state index in [1.165, 1.54) is 35.1 Å². The molecule has 10 nitrogen and oxygen atoms in total. The van der Waals surface area contributed by atoms with Gasteiger partial charge < -0.3 is 14.5 Å². The molecular formula is C29H26ClFN4O6. The van der Waals surface area contributed by atoms with E-state index in [0.717, 1.165) is 12.8 Å². The summed E-state index contributed by atoms with van der Waals surface area (Å²) in [7, 11) is 1.28. The molecule has 3 aliphatic heterocycles. The minimum atomic E-state index is -1.37. The number of carbonyl (C=O) groups excluding carboxylic acids is 5. The van der Waals surface area contributed by atoms with Crippen molar-refractivity contribution in [2.45, 2.75) is 38.4 Å². The lowest BCUT2D eigenvalue weighted by atomic mass is 9.82. The Labute approximate surface area is 239 Å². The molecule has 1 aromatic carbocycles. The van der Waals surface area contributed by atoms with Gasteiger partial charge in [-0.25, -0.2) is 9.18 Å². The van der Waals surface area contributed by atoms with Gasteiger partial charge in [-0.2, -0.15) is 0 Å². The predicted molar refractivity (Wildman–Crippen MR) is 141 cm³/mol. The van der Waals surface area contributed by atoms with Crippen LogP contribution in [-0.2, 0) is 36.9 Å². The van der Waals surface area contributed by atoms with Crippen LogP contribution in [0.25, 0.3) is 0 Å². The smallest absolute Gasteiger partial charge is 0.339 e. The second-order valence-electron chi connectivity index (χ2n) is 10.6. The fraction of sp³-hybridized carbons (Fsp3) is 0.379. The zero-order chi connectivity index (χ0) is 29.0. The Morgan fingerprint density at radius 2 is 1.93 bits per heavy atom. The van der Waals surface area contributed by atoms with E-state index in [9.17, 15) is 28.4 Å². The van der Waals surface area contributed by atoms with Crippen LogP contribution in [0.2, 0.25) is 5.02 Å². The maximum absolute atomic E-state index is 13.9. The number of ketones is 1. The molecule has 0 spiro atoms. The number of carbonyl (C=O) groups is 5. The number of amides is 3. The van der Waals surface area contributed by atoms with Crippen molar-refractivity contribution in [2.24, 2.45) is 11.8 Å². The normalized spacial score (nSPS) is 22.4. The van der Waals surface area contributed by atoms with Crippen molar-refractivity contribution in [3.63, 3.8) is 0 Å². The van der Waals surface area contributed by atoms with E-state index in [-0.39, 0.29) is 54.7 Å². The summed E-state index contributed by atoms with van der Waals surface area (Å²) in [5.74, 6) is -5.19. The summed E-state index contributed by atoms with van der Waals surface area (Å²) in [6.45, 7) is 0.461. The van der Waals surface area contributed by atoms with Gasteiger partial charge in [0, 0.05) is 32.3 Å². The van der Waals surface area contributed by atoms with Crippen LogP contribution in [0.1, 0.15) is 40.9 Å². The third-order valence-electron chi connectivity index (χ3n) is 8.13. The van der Waals surface area contributed by atoms with Crippen LogP contribution in [-0.4, -0.2) is 75.5 Å². The number of rotatable bonds is 7. The summed E-state index contributed by atoms with van der Waals surface area (Å²) < 4.78 is 18.5. The van der Waals surface area contributed by atoms with Gasteiger partial charge in [0.15, 0.2) is 0 Å². The zero-order valence-corrected chi connectivity index (χ0v) is 22.9. The number of hydrogen-bond donors (Lipinski definition) is 0. The van der Waals surface area contributed by atoms with Gasteiger partial charge in [-0.05, 0) is 60.6 Å². The van der Waals surface area contributed by atoms with Crippen molar-refractivity contribution in [1.82, 2.24) is 19.7 Å². The van der Waals surface area contributed by atoms with Crippen molar-refractivity contribution in [2.75, 3.05) is 20.2 Å². The summed E-state index contributed by atoms with van der Waals surface area (Å²) in [5, 5.41) is -0.0819. The number of nitrogens with zero attached hydrogens (tertiary/aromatic N) is 4. The summed E-state index contributed by atoms with van der Waals surface area (Å²) in [6, 6.07) is 7.34. The molecule has 2 unspecified atom stereocenters. The summed E-state index contributed by atoms with van der Waals surface area (Å²) >= 11 is 5.89. The Morgan fingerprint density at radius 1 is 1.15 bits per heavy atom. The molecule has 4 heterocycles. The summed E-state index contributed by atoms with van der Waals surface area (Å²) in [5.41, 5.74) is 1.79. The maximum atomic E-state index is 13.9. The topological polar surface area (TPSA) is 117 Å². The number of Topliss-reactive ketones (excluding diaryl/α,β-unsaturated/α-hetero) is 1. The molecule has 1 saturated carbocycles. The van der Waals surface area contributed by atoms with Gasteiger partial charge in [0.2, 0.25) is 11.7 Å². The molecule has 1 aromatic heterocycles. The van der Waals surface area contributed by atoms with Crippen molar-refractivity contribution in [1.29, 1.82) is 0 Å². The number of esters is 1. The van der Waals surface area contributed by atoms with E-state index in [2.05, 4.69) is 4.98 Å². The standard InChI is InChI=1S/C29H26ClFN4O6/c1-41-29(40)17-3-2-10-32-21(17)9-12-34-25(16-5-6-16)35-23(27(34)38)18-8-11-33(26(37)22(18)24(36)28(35)39)14-15-4-7-20(31)19(30)13-15/h2-4,7,10,13,16,22,25H,5-6,8-9,11-12,14H2,1H3. The molecule has 3 amide bonds. The van der Waals surface area contributed by atoms with Gasteiger partial charge in [-0.15, -0.1) is 0 Å². The first kappa shape index (κ1) is 27.1. The Morgan fingerprint density at radius 3 is 2.63 bits per heavy atom. The number of halogens is 2. The molecule has 41 heavy (non-hydrogen) atoms. The number of likely N-dealkylation sites (tertiary alicyclic amines) is 1. The van der Waals surface area contributed by atoms with Crippen molar-refractivity contribution in [3.8, 4) is 0 Å². The van der Waals surface area contributed by atoms with E-state index >= 15 is 0 Å². The third-order valence-corrected chi connectivity index (χ3v) is 8.42. The molecule has 4 aliphatic rings. The number of benzene rings is 1. The first-order chi connectivity index (χ1) is 19.7. The Kier molecular flexibility index (Phi) is 6.85. The monoisotopic (exact) mass is 580 g/mol. The number of ether oxygens (including phenoxy) is 1. The summed E-state index contributed by atoms with van der Waals surface area (Å²) in [4.78, 5) is 75.2. The second-order valence-corrected chi connectivity index (χ2v) is 11.0. The lowest BCUT2D eigenvalue weighted by Crippen LogP contribution is -2.55. The average molecular weight is 581 g/mol. The molecule has 212 valence electrons. The number of hydrogen-bond acceptors (Lipinski definition) is 7. The van der Waals surface area contributed by atoms with Crippen molar-refractivity contribution >= 4 is 41.1 Å². The molecular weight excluding hydrogens is 555 g/mol. The molecule has 2 saturated heterocycles. The van der Waals surface area contributed by atoms with Crippen LogP contribution in [0.5, 0.6) is 0 Å². The maximum Gasteiger partial charge on any atom is 0.339 e. The van der Waals surface area contributed by atoms with E-state index in [0.29, 0.717) is 16.8 Å². The lowest BCUT2D eigenvalue weighted by Gasteiger charge is -2.39. The van der Waals surface area contributed by atoms with E-state index in [4.69, 9.17) is 16.3 Å². The fourth-order valence-electron chi connectivity index (χ4n) is 6.02. The molecule has 2 atom stereocenters. The van der Waals surface area contributed by atoms with Crippen molar-refractivity contribution < 1.29 is 33.1 Å². The molecule has 6 rings (SSSR count). The van der Waals surface area contributed by atoms with Gasteiger partial charge >= 0.3 is 5.97 Å². The first-order valence-corrected chi connectivity index (χ1v) is 13.8. The largest absolute Gasteiger partial charge is 0.465 e. The van der Waals surface area contributed by atoms with Crippen LogP contribution in [0, 0.1) is 17.7 Å². The minimum Gasteiger partial charge on any atom is -0.465 e. The minimum absolute atomic E-state index is 0.00757.